The summed E-state index contributed by atoms with van der Waals surface area (Å²) in [5.74, 6) is 1.86. The van der Waals surface area contributed by atoms with Crippen LogP contribution in [0.15, 0.2) is 186 Å². The van der Waals surface area contributed by atoms with Gasteiger partial charge in [0.2, 0.25) is 0 Å². The zero-order valence-corrected chi connectivity index (χ0v) is 31.2. The fraction of sp³-hybridized carbons (Fsp3) is 0. The summed E-state index contributed by atoms with van der Waals surface area (Å²) in [6.07, 6.45) is 0. The molecule has 0 saturated heterocycles. The van der Waals surface area contributed by atoms with Crippen LogP contribution >= 0.6 is 11.3 Å². The molecule has 8 aromatic carbocycles. The van der Waals surface area contributed by atoms with Gasteiger partial charge in [0.15, 0.2) is 17.5 Å². The zero-order chi connectivity index (χ0) is 37.5. The van der Waals surface area contributed by atoms with Crippen molar-refractivity contribution in [3.63, 3.8) is 0 Å². The largest absolute Gasteiger partial charge is 0.455 e. The third-order valence-corrected chi connectivity index (χ3v) is 12.2. The van der Waals surface area contributed by atoms with Crippen LogP contribution in [-0.2, 0) is 0 Å². The molecule has 0 aliphatic carbocycles. The summed E-state index contributed by atoms with van der Waals surface area (Å²) in [5, 5.41) is 7.04. The fourth-order valence-electron chi connectivity index (χ4n) is 8.53. The Hall–Kier alpha value is -7.41. The van der Waals surface area contributed by atoms with E-state index in [9.17, 15) is 0 Å². The molecule has 0 fully saturated rings. The lowest BCUT2D eigenvalue weighted by atomic mass is 9.99. The SMILES string of the molecule is c1ccc(-c2nc(-c3ccccc3)nc(-c3cccc4oc5c(-c6ccc7c(c6)sc6cccc(-n8c9ccccc9c9ccccc98)c67)cccc5c34)n2)cc1. The first-order valence-corrected chi connectivity index (χ1v) is 19.8. The Kier molecular flexibility index (Phi) is 7.03. The molecule has 0 unspecified atom stereocenters. The molecule has 0 spiro atoms. The topological polar surface area (TPSA) is 56.7 Å². The third-order valence-electron chi connectivity index (χ3n) is 11.1. The Labute approximate surface area is 330 Å². The molecule has 0 amide bonds. The van der Waals surface area contributed by atoms with Gasteiger partial charge in [0.1, 0.15) is 11.2 Å². The molecule has 0 N–H and O–H groups in total. The number of para-hydroxylation sites is 3. The van der Waals surface area contributed by atoms with Crippen molar-refractivity contribution in [2.24, 2.45) is 0 Å². The van der Waals surface area contributed by atoms with Crippen LogP contribution in [0.5, 0.6) is 0 Å². The van der Waals surface area contributed by atoms with Crippen LogP contribution in [0.3, 0.4) is 0 Å². The summed E-state index contributed by atoms with van der Waals surface area (Å²) in [6, 6.07) is 63.7. The summed E-state index contributed by atoms with van der Waals surface area (Å²) >= 11 is 1.84. The Bertz CT molecular complexity index is 3420. The molecular weight excluding hydrogens is 717 g/mol. The predicted octanol–water partition coefficient (Wildman–Crippen LogP) is 13.9. The molecule has 0 aliphatic rings. The highest BCUT2D eigenvalue weighted by Gasteiger charge is 2.21. The Morgan fingerprint density at radius 1 is 0.404 bits per heavy atom. The highest BCUT2D eigenvalue weighted by atomic mass is 32.1. The summed E-state index contributed by atoms with van der Waals surface area (Å²) in [7, 11) is 0. The minimum absolute atomic E-state index is 0.604. The zero-order valence-electron chi connectivity index (χ0n) is 30.4. The van der Waals surface area contributed by atoms with Gasteiger partial charge in [-0.3, -0.25) is 0 Å². The molecule has 4 heterocycles. The van der Waals surface area contributed by atoms with E-state index in [1.807, 2.05) is 84.1 Å². The number of fused-ring (bicyclic) bond motifs is 9. The lowest BCUT2D eigenvalue weighted by Crippen LogP contribution is -2.00. The number of furan rings is 1. The van der Waals surface area contributed by atoms with Crippen LogP contribution in [0.4, 0.5) is 0 Å². The van der Waals surface area contributed by atoms with Gasteiger partial charge in [0, 0.05) is 64.0 Å². The molecule has 4 aromatic heterocycles. The molecule has 0 bridgehead atoms. The van der Waals surface area contributed by atoms with Gasteiger partial charge in [0.25, 0.3) is 0 Å². The van der Waals surface area contributed by atoms with Crippen LogP contribution in [0.1, 0.15) is 0 Å². The van der Waals surface area contributed by atoms with Crippen molar-refractivity contribution < 1.29 is 4.42 Å². The van der Waals surface area contributed by atoms with Crippen LogP contribution in [-0.4, -0.2) is 19.5 Å². The Morgan fingerprint density at radius 2 is 1.00 bits per heavy atom. The lowest BCUT2D eigenvalue weighted by molar-refractivity contribution is 0.670. The molecular formula is C51H30N4OS. The maximum Gasteiger partial charge on any atom is 0.164 e. The molecule has 5 nitrogen and oxygen atoms in total. The van der Waals surface area contributed by atoms with Crippen LogP contribution in [0.2, 0.25) is 0 Å². The fourth-order valence-corrected chi connectivity index (χ4v) is 9.70. The van der Waals surface area contributed by atoms with Crippen molar-refractivity contribution in [3.05, 3.63) is 182 Å². The van der Waals surface area contributed by atoms with E-state index < -0.39 is 0 Å². The quantitative estimate of drug-likeness (QED) is 0.176. The number of nitrogens with zero attached hydrogens (tertiary/aromatic N) is 4. The van der Waals surface area contributed by atoms with Crippen molar-refractivity contribution >= 4 is 75.3 Å². The van der Waals surface area contributed by atoms with Crippen LogP contribution in [0, 0.1) is 0 Å². The first-order chi connectivity index (χ1) is 28.3. The Morgan fingerprint density at radius 3 is 1.72 bits per heavy atom. The predicted molar refractivity (Wildman–Crippen MR) is 236 cm³/mol. The summed E-state index contributed by atoms with van der Waals surface area (Å²) < 4.78 is 11.7. The molecule has 12 aromatic rings. The molecule has 0 atom stereocenters. The lowest BCUT2D eigenvalue weighted by Gasteiger charge is -2.10. The summed E-state index contributed by atoms with van der Waals surface area (Å²) in [4.78, 5) is 15.1. The summed E-state index contributed by atoms with van der Waals surface area (Å²) in [5.41, 5.74) is 10.2. The van der Waals surface area contributed by atoms with Crippen molar-refractivity contribution in [3.8, 4) is 51.0 Å². The van der Waals surface area contributed by atoms with Gasteiger partial charge in [-0.05, 0) is 42.0 Å². The van der Waals surface area contributed by atoms with E-state index in [-0.39, 0.29) is 0 Å². The first kappa shape index (κ1) is 31.9. The van der Waals surface area contributed by atoms with Crippen molar-refractivity contribution in [1.82, 2.24) is 19.5 Å². The van der Waals surface area contributed by atoms with E-state index >= 15 is 0 Å². The minimum atomic E-state index is 0.604. The highest BCUT2D eigenvalue weighted by Crippen LogP contribution is 2.44. The van der Waals surface area contributed by atoms with Crippen molar-refractivity contribution in [1.29, 1.82) is 0 Å². The van der Waals surface area contributed by atoms with E-state index in [0.717, 1.165) is 49.8 Å². The highest BCUT2D eigenvalue weighted by molar-refractivity contribution is 7.26. The maximum atomic E-state index is 6.78. The number of thiophene rings is 1. The normalized spacial score (nSPS) is 11.9. The van der Waals surface area contributed by atoms with E-state index in [2.05, 4.69) is 114 Å². The smallest absolute Gasteiger partial charge is 0.164 e. The van der Waals surface area contributed by atoms with Crippen molar-refractivity contribution in [2.45, 2.75) is 0 Å². The number of rotatable bonds is 5. The van der Waals surface area contributed by atoms with Gasteiger partial charge in [-0.2, -0.15) is 0 Å². The average Bonchev–Trinajstić information content (AvgIpc) is 3.96. The molecule has 6 heteroatoms. The standard InChI is InChI=1S/C51H30N4OS/c1-3-14-31(15-4-1)49-52-50(32-16-5-2-6-17-32)54-51(53-49)39-22-12-26-43-46(39)38-21-11-20-34(48(38)56-43)33-28-29-37-45(30-33)57-44-27-13-25-42(47(37)44)55-40-23-9-7-18-35(40)36-19-8-10-24-41(36)55/h1-30H. The Balaban J connectivity index is 1.03. The van der Waals surface area contributed by atoms with Gasteiger partial charge in [-0.1, -0.05) is 146 Å². The average molecular weight is 747 g/mol. The van der Waals surface area contributed by atoms with Gasteiger partial charge in [-0.25, -0.2) is 15.0 Å². The van der Waals surface area contributed by atoms with Crippen molar-refractivity contribution in [2.75, 3.05) is 0 Å². The molecule has 0 saturated carbocycles. The summed E-state index contributed by atoms with van der Waals surface area (Å²) in [6.45, 7) is 0. The number of benzene rings is 8. The number of hydrogen-bond acceptors (Lipinski definition) is 5. The van der Waals surface area contributed by atoms with Gasteiger partial charge in [-0.15, -0.1) is 11.3 Å². The van der Waals surface area contributed by atoms with Crippen LogP contribution < -0.4 is 0 Å². The minimum Gasteiger partial charge on any atom is -0.455 e. The van der Waals surface area contributed by atoms with Gasteiger partial charge >= 0.3 is 0 Å². The maximum absolute atomic E-state index is 6.78. The first-order valence-electron chi connectivity index (χ1n) is 19.0. The van der Waals surface area contributed by atoms with E-state index in [0.29, 0.717) is 17.5 Å². The van der Waals surface area contributed by atoms with E-state index in [4.69, 9.17) is 19.4 Å². The number of hydrogen-bond donors (Lipinski definition) is 0. The molecule has 0 radical (unpaired) electrons. The van der Waals surface area contributed by atoms with Gasteiger partial charge < -0.3 is 8.98 Å². The molecule has 266 valence electrons. The van der Waals surface area contributed by atoms with E-state index in [1.165, 1.54) is 47.7 Å². The second kappa shape index (κ2) is 12.6. The van der Waals surface area contributed by atoms with E-state index in [1.54, 1.807) is 0 Å². The monoisotopic (exact) mass is 746 g/mol. The molecule has 57 heavy (non-hydrogen) atoms. The van der Waals surface area contributed by atoms with Gasteiger partial charge in [0.05, 0.1) is 16.7 Å². The number of aromatic nitrogens is 4. The second-order valence-electron chi connectivity index (χ2n) is 14.3. The third kappa shape index (κ3) is 4.98. The van der Waals surface area contributed by atoms with Crippen LogP contribution in [0.25, 0.3) is 115 Å². The second-order valence-corrected chi connectivity index (χ2v) is 15.4. The molecule has 0 aliphatic heterocycles. The molecule has 12 rings (SSSR count).